The molecule has 0 aliphatic carbocycles. The summed E-state index contributed by atoms with van der Waals surface area (Å²) < 4.78 is 0. The second-order valence-corrected chi connectivity index (χ2v) is 7.21. The highest BCUT2D eigenvalue weighted by molar-refractivity contribution is 5.90. The van der Waals surface area contributed by atoms with Crippen molar-refractivity contribution in [2.24, 2.45) is 5.73 Å². The number of nitrogens with two attached hydrogens (primary N) is 2. The number of rotatable bonds is 4. The van der Waals surface area contributed by atoms with Crippen molar-refractivity contribution in [3.05, 3.63) is 47.9 Å². The average molecular weight is 363 g/mol. The lowest BCUT2D eigenvalue weighted by Crippen LogP contribution is -2.26. The third-order valence-electron chi connectivity index (χ3n) is 4.99. The van der Waals surface area contributed by atoms with Crippen LogP contribution in [0.2, 0.25) is 0 Å². The molecule has 0 saturated carbocycles. The van der Waals surface area contributed by atoms with Crippen LogP contribution in [0.4, 0.5) is 17.3 Å². The van der Waals surface area contributed by atoms with Gasteiger partial charge in [0.15, 0.2) is 0 Å². The predicted octanol–water partition coefficient (Wildman–Crippen LogP) is 2.63. The molecule has 1 saturated heterocycles. The monoisotopic (exact) mass is 363 g/mol. The van der Waals surface area contributed by atoms with Crippen molar-refractivity contribution in [2.45, 2.75) is 32.4 Å². The molecular weight excluding hydrogens is 338 g/mol. The van der Waals surface area contributed by atoms with Gasteiger partial charge in [0, 0.05) is 30.2 Å². The summed E-state index contributed by atoms with van der Waals surface area (Å²) >= 11 is 0. The first kappa shape index (κ1) is 17.5. The maximum absolute atomic E-state index is 6.05. The Labute approximate surface area is 158 Å². The fourth-order valence-corrected chi connectivity index (χ4v) is 3.53. The standard InChI is InChI=1S/C20H25N7/c1-12(14-4-3-5-15(21)8-14)24-20-17-9-19(27-7-6-16(22)11-27)23-10-18(17)25-13(2)26-20/h3-5,8-10,12,16H,6-7,11,21-22H2,1-2H3,(H,24,25,26)/t12-,16-/m1/s1. The molecule has 0 amide bonds. The van der Waals surface area contributed by atoms with Gasteiger partial charge >= 0.3 is 0 Å². The molecule has 140 valence electrons. The number of fused-ring (bicyclic) bond motifs is 1. The van der Waals surface area contributed by atoms with Crippen molar-refractivity contribution < 1.29 is 0 Å². The van der Waals surface area contributed by atoms with Gasteiger partial charge in [-0.3, -0.25) is 0 Å². The minimum Gasteiger partial charge on any atom is -0.399 e. The summed E-state index contributed by atoms with van der Waals surface area (Å²) in [6.07, 6.45) is 2.81. The van der Waals surface area contributed by atoms with Crippen molar-refractivity contribution >= 4 is 28.2 Å². The molecule has 1 fully saturated rings. The molecular formula is C20H25N7. The van der Waals surface area contributed by atoms with Crippen LogP contribution >= 0.6 is 0 Å². The van der Waals surface area contributed by atoms with Crippen LogP contribution in [0.25, 0.3) is 10.9 Å². The van der Waals surface area contributed by atoms with E-state index in [4.69, 9.17) is 11.5 Å². The number of aromatic nitrogens is 3. The number of hydrogen-bond acceptors (Lipinski definition) is 7. The van der Waals surface area contributed by atoms with Gasteiger partial charge in [-0.05, 0) is 44.0 Å². The third-order valence-corrected chi connectivity index (χ3v) is 4.99. The predicted molar refractivity (Wildman–Crippen MR) is 110 cm³/mol. The summed E-state index contributed by atoms with van der Waals surface area (Å²) in [6.45, 7) is 5.74. The molecule has 0 bridgehead atoms. The summed E-state index contributed by atoms with van der Waals surface area (Å²) in [7, 11) is 0. The fraction of sp³-hybridized carbons (Fsp3) is 0.350. The topological polar surface area (TPSA) is 106 Å². The Bertz CT molecular complexity index is 972. The van der Waals surface area contributed by atoms with Crippen LogP contribution in [0.3, 0.4) is 0 Å². The molecule has 1 aliphatic heterocycles. The molecule has 0 spiro atoms. The Morgan fingerprint density at radius 1 is 1.26 bits per heavy atom. The molecule has 2 aromatic heterocycles. The molecule has 27 heavy (non-hydrogen) atoms. The van der Waals surface area contributed by atoms with Gasteiger partial charge < -0.3 is 21.7 Å². The minimum absolute atomic E-state index is 0.0582. The molecule has 0 unspecified atom stereocenters. The number of nitrogens with one attached hydrogen (secondary N) is 1. The van der Waals surface area contributed by atoms with Crippen LogP contribution in [-0.2, 0) is 0 Å². The first-order valence-electron chi connectivity index (χ1n) is 9.26. The zero-order valence-corrected chi connectivity index (χ0v) is 15.7. The van der Waals surface area contributed by atoms with Gasteiger partial charge in [0.2, 0.25) is 0 Å². The Morgan fingerprint density at radius 2 is 2.11 bits per heavy atom. The average Bonchev–Trinajstić information content (AvgIpc) is 3.07. The van der Waals surface area contributed by atoms with Gasteiger partial charge in [0.1, 0.15) is 17.5 Å². The van der Waals surface area contributed by atoms with E-state index in [2.05, 4.69) is 44.2 Å². The van der Waals surface area contributed by atoms with E-state index in [-0.39, 0.29) is 12.1 Å². The van der Waals surface area contributed by atoms with E-state index in [9.17, 15) is 0 Å². The van der Waals surface area contributed by atoms with Crippen LogP contribution in [0.5, 0.6) is 0 Å². The highest BCUT2D eigenvalue weighted by Gasteiger charge is 2.21. The molecule has 4 rings (SSSR count). The summed E-state index contributed by atoms with van der Waals surface area (Å²) in [5.41, 5.74) is 14.7. The largest absolute Gasteiger partial charge is 0.399 e. The normalized spacial score (nSPS) is 18.0. The first-order chi connectivity index (χ1) is 13.0. The molecule has 5 N–H and O–H groups in total. The number of pyridine rings is 1. The molecule has 0 radical (unpaired) electrons. The van der Waals surface area contributed by atoms with Crippen molar-refractivity contribution in [3.8, 4) is 0 Å². The van der Waals surface area contributed by atoms with Crippen LogP contribution in [-0.4, -0.2) is 34.1 Å². The zero-order valence-electron chi connectivity index (χ0n) is 15.7. The summed E-state index contributed by atoms with van der Waals surface area (Å²) in [5.74, 6) is 2.43. The van der Waals surface area contributed by atoms with Gasteiger partial charge in [-0.15, -0.1) is 0 Å². The van der Waals surface area contributed by atoms with Gasteiger partial charge in [0.25, 0.3) is 0 Å². The number of hydrogen-bond donors (Lipinski definition) is 3. The van der Waals surface area contributed by atoms with Crippen LogP contribution in [0.1, 0.15) is 30.8 Å². The highest BCUT2D eigenvalue weighted by atomic mass is 15.2. The van der Waals surface area contributed by atoms with Gasteiger partial charge in [-0.2, -0.15) is 0 Å². The maximum atomic E-state index is 6.05. The summed E-state index contributed by atoms with van der Waals surface area (Å²) in [6, 6.07) is 10.2. The smallest absolute Gasteiger partial charge is 0.138 e. The number of benzene rings is 1. The minimum atomic E-state index is 0.0582. The molecule has 3 aromatic rings. The van der Waals surface area contributed by atoms with Crippen LogP contribution in [0.15, 0.2) is 36.5 Å². The maximum Gasteiger partial charge on any atom is 0.138 e. The van der Waals surface area contributed by atoms with Gasteiger partial charge in [-0.1, -0.05) is 12.1 Å². The number of anilines is 3. The highest BCUT2D eigenvalue weighted by Crippen LogP contribution is 2.28. The Kier molecular flexibility index (Phi) is 4.53. The van der Waals surface area contributed by atoms with E-state index in [0.717, 1.165) is 53.3 Å². The molecule has 7 heteroatoms. The molecule has 7 nitrogen and oxygen atoms in total. The second kappa shape index (κ2) is 7.00. The van der Waals surface area contributed by atoms with E-state index < -0.39 is 0 Å². The molecule has 1 aliphatic rings. The quantitative estimate of drug-likeness (QED) is 0.612. The summed E-state index contributed by atoms with van der Waals surface area (Å²) in [4.78, 5) is 16.0. The lowest BCUT2D eigenvalue weighted by Gasteiger charge is -2.20. The second-order valence-electron chi connectivity index (χ2n) is 7.21. The van der Waals surface area contributed by atoms with Crippen LogP contribution < -0.4 is 21.7 Å². The van der Waals surface area contributed by atoms with Crippen molar-refractivity contribution in [1.29, 1.82) is 0 Å². The van der Waals surface area contributed by atoms with Crippen molar-refractivity contribution in [1.82, 2.24) is 15.0 Å². The van der Waals surface area contributed by atoms with Crippen molar-refractivity contribution in [3.63, 3.8) is 0 Å². The van der Waals surface area contributed by atoms with E-state index in [1.807, 2.05) is 31.3 Å². The Morgan fingerprint density at radius 3 is 2.85 bits per heavy atom. The van der Waals surface area contributed by atoms with Crippen molar-refractivity contribution in [2.75, 3.05) is 29.0 Å². The SMILES string of the molecule is Cc1nc(N[C@H](C)c2cccc(N)c2)c2cc(N3CC[C@@H](N)C3)ncc2n1. The third kappa shape index (κ3) is 3.64. The zero-order chi connectivity index (χ0) is 19.0. The fourth-order valence-electron chi connectivity index (χ4n) is 3.53. The van der Waals surface area contributed by atoms with Gasteiger partial charge in [-0.25, -0.2) is 15.0 Å². The van der Waals surface area contributed by atoms with Crippen LogP contribution in [0, 0.1) is 6.92 Å². The van der Waals surface area contributed by atoms with Gasteiger partial charge in [0.05, 0.1) is 17.8 Å². The first-order valence-corrected chi connectivity index (χ1v) is 9.26. The lowest BCUT2D eigenvalue weighted by atomic mass is 10.1. The number of nitrogens with zero attached hydrogens (tertiary/aromatic N) is 4. The van der Waals surface area contributed by atoms with E-state index in [1.54, 1.807) is 0 Å². The summed E-state index contributed by atoms with van der Waals surface area (Å²) in [5, 5.41) is 4.48. The van der Waals surface area contributed by atoms with E-state index in [1.165, 1.54) is 0 Å². The molecule has 3 heterocycles. The Hall–Kier alpha value is -2.93. The molecule has 1 aromatic carbocycles. The van der Waals surface area contributed by atoms with E-state index >= 15 is 0 Å². The number of aryl methyl sites for hydroxylation is 1. The number of nitrogen functional groups attached to an aromatic ring is 1. The van der Waals surface area contributed by atoms with E-state index in [0.29, 0.717) is 5.82 Å². The Balaban J connectivity index is 1.70. The molecule has 2 atom stereocenters. The lowest BCUT2D eigenvalue weighted by molar-refractivity contribution is 0.751.